The maximum absolute atomic E-state index is 13.2. The van der Waals surface area contributed by atoms with Crippen molar-refractivity contribution in [1.29, 1.82) is 0 Å². The monoisotopic (exact) mass is 480 g/mol. The van der Waals surface area contributed by atoms with Crippen LogP contribution in [0.3, 0.4) is 0 Å². The van der Waals surface area contributed by atoms with E-state index in [-0.39, 0.29) is 36.4 Å². The fraction of sp³-hybridized carbons (Fsp3) is 0.889. The van der Waals surface area contributed by atoms with E-state index in [1.165, 1.54) is 0 Å². The van der Waals surface area contributed by atoms with Gasteiger partial charge in [-0.2, -0.15) is 0 Å². The quantitative estimate of drug-likeness (QED) is 0.353. The van der Waals surface area contributed by atoms with Crippen LogP contribution in [-0.4, -0.2) is 71.5 Å². The first-order valence-corrected chi connectivity index (χ1v) is 12.9. The third kappa shape index (κ3) is 3.73. The summed E-state index contributed by atoms with van der Waals surface area (Å²) in [5.41, 5.74) is -4.27. The second-order valence-corrected chi connectivity index (χ2v) is 13.2. The number of fused-ring (bicyclic) bond motifs is 5. The number of ketones is 1. The van der Waals surface area contributed by atoms with Crippen LogP contribution in [0.5, 0.6) is 0 Å². The first kappa shape index (κ1) is 26.2. The minimum atomic E-state index is -1.46. The van der Waals surface area contributed by atoms with E-state index in [9.17, 15) is 35.4 Å². The molecule has 10 atom stereocenters. The van der Waals surface area contributed by atoms with E-state index >= 15 is 0 Å². The zero-order chi connectivity index (χ0) is 25.5. The van der Waals surface area contributed by atoms with Crippen LogP contribution in [0.1, 0.15) is 86.0 Å². The summed E-state index contributed by atoms with van der Waals surface area (Å²) in [7, 11) is 0. The number of hydrogen-bond donors (Lipinski definition) is 6. The third-order valence-electron chi connectivity index (χ3n) is 10.5. The van der Waals surface area contributed by atoms with Gasteiger partial charge in [-0.1, -0.05) is 13.8 Å². The van der Waals surface area contributed by atoms with Crippen molar-refractivity contribution in [3.63, 3.8) is 0 Å². The first-order valence-electron chi connectivity index (χ1n) is 12.9. The van der Waals surface area contributed by atoms with Crippen molar-refractivity contribution in [1.82, 2.24) is 0 Å². The normalized spacial score (nSPS) is 47.2. The second kappa shape index (κ2) is 8.09. The van der Waals surface area contributed by atoms with E-state index in [2.05, 4.69) is 0 Å². The van der Waals surface area contributed by atoms with Crippen molar-refractivity contribution in [2.24, 2.45) is 28.6 Å². The number of allylic oxidation sites excluding steroid dienone is 1. The minimum absolute atomic E-state index is 0.0840. The molecular weight excluding hydrogens is 436 g/mol. The standard InChI is InChI=1S/C27H44O7/c1-23(2,32)9-8-22(31)26(5,33)21-7-11-27(34)16-12-18(28)17-13-19(29)20(30)14-24(17,3)15(16)6-10-25(21,27)4/h12,15,17,19-22,29-34H,6-11,13-14H2,1-5H3/t15-,17-,19+,20-,21-,22-,24+,25+,26+,27-/m0/s1. The molecule has 7 nitrogen and oxygen atoms in total. The van der Waals surface area contributed by atoms with Crippen LogP contribution in [-0.2, 0) is 4.79 Å². The molecule has 7 heteroatoms. The van der Waals surface area contributed by atoms with Gasteiger partial charge in [-0.05, 0) is 101 Å². The van der Waals surface area contributed by atoms with E-state index in [1.54, 1.807) is 26.8 Å². The predicted octanol–water partition coefficient (Wildman–Crippen LogP) is 1.85. The van der Waals surface area contributed by atoms with Gasteiger partial charge >= 0.3 is 0 Å². The first-order chi connectivity index (χ1) is 15.5. The van der Waals surface area contributed by atoms with Gasteiger partial charge in [0.1, 0.15) is 0 Å². The lowest BCUT2D eigenvalue weighted by Gasteiger charge is -2.60. The molecule has 6 N–H and O–H groups in total. The SMILES string of the molecule is CC(C)(O)CC[C@H](O)[C@](C)(O)[C@H]1CC[C@]2(O)C3=CC(=O)[C@@H]4C[C@@H](O)[C@@H](O)C[C@]4(C)[C@H]3CC[C@]12C. The van der Waals surface area contributed by atoms with Gasteiger partial charge in [-0.25, -0.2) is 0 Å². The van der Waals surface area contributed by atoms with Crippen LogP contribution < -0.4 is 0 Å². The van der Waals surface area contributed by atoms with Gasteiger partial charge in [0.05, 0.1) is 35.1 Å². The smallest absolute Gasteiger partial charge is 0.159 e. The molecule has 0 aromatic rings. The molecule has 3 saturated carbocycles. The van der Waals surface area contributed by atoms with Crippen LogP contribution in [0.25, 0.3) is 0 Å². The number of hydrogen-bond acceptors (Lipinski definition) is 7. The summed E-state index contributed by atoms with van der Waals surface area (Å²) >= 11 is 0. The third-order valence-corrected chi connectivity index (χ3v) is 10.5. The molecule has 0 bridgehead atoms. The molecule has 4 aliphatic carbocycles. The topological polar surface area (TPSA) is 138 Å². The number of carbonyl (C=O) groups is 1. The van der Waals surface area contributed by atoms with Crippen molar-refractivity contribution >= 4 is 5.78 Å². The lowest BCUT2D eigenvalue weighted by molar-refractivity contribution is -0.177. The Bertz CT molecular complexity index is 860. The number of rotatable bonds is 5. The zero-order valence-electron chi connectivity index (χ0n) is 21.3. The summed E-state index contributed by atoms with van der Waals surface area (Å²) in [6.45, 7) is 8.96. The van der Waals surface area contributed by atoms with Gasteiger partial charge in [0, 0.05) is 11.3 Å². The largest absolute Gasteiger partial charge is 0.390 e. The maximum Gasteiger partial charge on any atom is 0.159 e. The molecule has 0 radical (unpaired) electrons. The summed E-state index contributed by atoms with van der Waals surface area (Å²) in [6.07, 6.45) is 2.11. The van der Waals surface area contributed by atoms with Crippen molar-refractivity contribution < 1.29 is 35.4 Å². The molecule has 34 heavy (non-hydrogen) atoms. The van der Waals surface area contributed by atoms with Crippen LogP contribution in [0.2, 0.25) is 0 Å². The second-order valence-electron chi connectivity index (χ2n) is 13.2. The maximum atomic E-state index is 13.2. The molecule has 194 valence electrons. The summed E-state index contributed by atoms with van der Waals surface area (Å²) < 4.78 is 0. The van der Waals surface area contributed by atoms with Crippen molar-refractivity contribution in [2.75, 3.05) is 0 Å². The Balaban J connectivity index is 1.66. The van der Waals surface area contributed by atoms with Crippen molar-refractivity contribution in [2.45, 2.75) is 121 Å². The van der Waals surface area contributed by atoms with Crippen LogP contribution in [0.4, 0.5) is 0 Å². The van der Waals surface area contributed by atoms with Gasteiger partial charge in [0.25, 0.3) is 0 Å². The lowest BCUT2D eigenvalue weighted by Crippen LogP contribution is -2.62. The fourth-order valence-electron chi connectivity index (χ4n) is 8.32. The zero-order valence-corrected chi connectivity index (χ0v) is 21.3. The highest BCUT2D eigenvalue weighted by molar-refractivity contribution is 5.95. The van der Waals surface area contributed by atoms with Crippen LogP contribution in [0.15, 0.2) is 11.6 Å². The molecule has 0 spiro atoms. The fourth-order valence-corrected chi connectivity index (χ4v) is 8.32. The highest BCUT2D eigenvalue weighted by Crippen LogP contribution is 2.68. The molecule has 4 rings (SSSR count). The Labute approximate surface area is 202 Å². The van der Waals surface area contributed by atoms with Gasteiger partial charge in [-0.3, -0.25) is 4.79 Å². The van der Waals surface area contributed by atoms with E-state index in [0.29, 0.717) is 44.1 Å². The molecular formula is C27H44O7. The highest BCUT2D eigenvalue weighted by Gasteiger charge is 2.69. The van der Waals surface area contributed by atoms with Crippen molar-refractivity contribution in [3.05, 3.63) is 11.6 Å². The molecule has 0 aromatic heterocycles. The number of aliphatic hydroxyl groups excluding tert-OH is 3. The van der Waals surface area contributed by atoms with E-state index in [4.69, 9.17) is 0 Å². The average Bonchev–Trinajstić information content (AvgIpc) is 3.00. The van der Waals surface area contributed by atoms with Gasteiger partial charge in [0.2, 0.25) is 0 Å². The Hall–Kier alpha value is -0.830. The van der Waals surface area contributed by atoms with Crippen LogP contribution >= 0.6 is 0 Å². The summed E-state index contributed by atoms with van der Waals surface area (Å²) in [4.78, 5) is 13.2. The molecule has 4 aliphatic rings. The van der Waals surface area contributed by atoms with Gasteiger partial charge in [-0.15, -0.1) is 0 Å². The predicted molar refractivity (Wildman–Crippen MR) is 127 cm³/mol. The molecule has 0 saturated heterocycles. The summed E-state index contributed by atoms with van der Waals surface area (Å²) in [6, 6.07) is 0. The van der Waals surface area contributed by atoms with E-state index in [0.717, 1.165) is 0 Å². The average molecular weight is 481 g/mol. The van der Waals surface area contributed by atoms with E-state index < -0.39 is 45.9 Å². The molecule has 0 heterocycles. The Morgan fingerprint density at radius 2 is 1.71 bits per heavy atom. The lowest BCUT2D eigenvalue weighted by atomic mass is 9.45. The Kier molecular flexibility index (Phi) is 6.24. The van der Waals surface area contributed by atoms with Gasteiger partial charge < -0.3 is 30.6 Å². The van der Waals surface area contributed by atoms with E-state index in [1.807, 2.05) is 13.8 Å². The molecule has 3 fully saturated rings. The molecule has 0 aromatic carbocycles. The molecule has 0 aliphatic heterocycles. The Morgan fingerprint density at radius 1 is 1.06 bits per heavy atom. The Morgan fingerprint density at radius 3 is 2.32 bits per heavy atom. The summed E-state index contributed by atoms with van der Waals surface area (Å²) in [5, 5.41) is 65.5. The molecule has 0 unspecified atom stereocenters. The number of carbonyl (C=O) groups excluding carboxylic acids is 1. The molecule has 0 amide bonds. The van der Waals surface area contributed by atoms with Crippen LogP contribution in [0, 0.1) is 28.6 Å². The highest BCUT2D eigenvalue weighted by atomic mass is 16.3. The summed E-state index contributed by atoms with van der Waals surface area (Å²) in [5.74, 6) is -0.948. The van der Waals surface area contributed by atoms with Crippen molar-refractivity contribution in [3.8, 4) is 0 Å². The minimum Gasteiger partial charge on any atom is -0.390 e. The van der Waals surface area contributed by atoms with Gasteiger partial charge in [0.15, 0.2) is 5.78 Å². The number of aliphatic hydroxyl groups is 6.